The van der Waals surface area contributed by atoms with E-state index in [9.17, 15) is 9.18 Å². The molecule has 0 unspecified atom stereocenters. The van der Waals surface area contributed by atoms with Crippen molar-refractivity contribution in [2.24, 2.45) is 7.05 Å². The van der Waals surface area contributed by atoms with Crippen LogP contribution in [0.3, 0.4) is 0 Å². The first kappa shape index (κ1) is 15.3. The predicted octanol–water partition coefficient (Wildman–Crippen LogP) is 1.49. The summed E-state index contributed by atoms with van der Waals surface area (Å²) in [6.45, 7) is 0.340. The van der Waals surface area contributed by atoms with Crippen LogP contribution < -0.4 is 15.4 Å². The largest absolute Gasteiger partial charge is 0.487 e. The van der Waals surface area contributed by atoms with Crippen molar-refractivity contribution in [3.05, 3.63) is 41.5 Å². The number of urea groups is 1. The van der Waals surface area contributed by atoms with Gasteiger partial charge in [0.1, 0.15) is 5.69 Å². The van der Waals surface area contributed by atoms with Gasteiger partial charge in [-0.2, -0.15) is 15.0 Å². The summed E-state index contributed by atoms with van der Waals surface area (Å²) >= 11 is 0. The number of ether oxygens (including phenoxy) is 1. The number of halogens is 1. The fourth-order valence-electron chi connectivity index (χ4n) is 2.03. The third kappa shape index (κ3) is 4.18. The number of aromatic nitrogens is 3. The van der Waals surface area contributed by atoms with E-state index < -0.39 is 11.8 Å². The van der Waals surface area contributed by atoms with Gasteiger partial charge in [-0.05, 0) is 18.9 Å². The van der Waals surface area contributed by atoms with Gasteiger partial charge in [-0.25, -0.2) is 9.18 Å². The van der Waals surface area contributed by atoms with Crippen LogP contribution in [0.15, 0.2) is 24.4 Å². The number of aryl methyl sites for hydroxylation is 1. The number of nitrogens with one attached hydrogen (secondary N) is 2. The highest BCUT2D eigenvalue weighted by atomic mass is 19.1. The van der Waals surface area contributed by atoms with Crippen molar-refractivity contribution in [3.8, 4) is 5.75 Å². The number of nitrogens with zero attached hydrogens (tertiary/aromatic N) is 3. The molecule has 1 aromatic carbocycles. The van der Waals surface area contributed by atoms with Crippen LogP contribution in [0.25, 0.3) is 0 Å². The molecule has 2 N–H and O–H groups in total. The first-order valence-electron chi connectivity index (χ1n) is 7.43. The maximum atomic E-state index is 14.2. The van der Waals surface area contributed by atoms with Gasteiger partial charge in [-0.1, -0.05) is 12.1 Å². The molecule has 1 aromatic heterocycles. The van der Waals surface area contributed by atoms with Crippen molar-refractivity contribution in [2.45, 2.75) is 32.0 Å². The van der Waals surface area contributed by atoms with Crippen LogP contribution in [0, 0.1) is 5.82 Å². The zero-order chi connectivity index (χ0) is 16.2. The normalized spacial score (nSPS) is 13.7. The Bertz CT molecular complexity index is 699. The summed E-state index contributed by atoms with van der Waals surface area (Å²) in [7, 11) is 1.70. The highest BCUT2D eigenvalue weighted by Crippen LogP contribution is 2.29. The molecule has 7 nitrogen and oxygen atoms in total. The summed E-state index contributed by atoms with van der Waals surface area (Å²) < 4.78 is 19.7. The standard InChI is InChI=1S/C15H18FN5O2/c1-21-19-9-11(20-21)8-18-15(22)17-7-10-3-2-4-13(14(10)16)23-12-5-6-12/h2-4,9,12H,5-8H2,1H3,(H2,17,18,22). The van der Waals surface area contributed by atoms with Gasteiger partial charge in [0, 0.05) is 19.2 Å². The molecule has 122 valence electrons. The lowest BCUT2D eigenvalue weighted by atomic mass is 10.2. The van der Waals surface area contributed by atoms with Crippen LogP contribution in [0.5, 0.6) is 5.75 Å². The van der Waals surface area contributed by atoms with Gasteiger partial charge < -0.3 is 15.4 Å². The summed E-state index contributed by atoms with van der Waals surface area (Å²) in [6.07, 6.45) is 3.63. The van der Waals surface area contributed by atoms with Crippen LogP contribution in [-0.4, -0.2) is 27.1 Å². The third-order valence-corrected chi connectivity index (χ3v) is 3.38. The molecular weight excluding hydrogens is 301 g/mol. The van der Waals surface area contributed by atoms with Crippen LogP contribution in [0.4, 0.5) is 9.18 Å². The maximum absolute atomic E-state index is 14.2. The topological polar surface area (TPSA) is 81.1 Å². The molecule has 1 heterocycles. The Morgan fingerprint density at radius 2 is 2.17 bits per heavy atom. The van der Waals surface area contributed by atoms with E-state index in [-0.39, 0.29) is 24.9 Å². The van der Waals surface area contributed by atoms with Gasteiger partial charge in [0.25, 0.3) is 0 Å². The number of amides is 2. The zero-order valence-corrected chi connectivity index (χ0v) is 12.8. The monoisotopic (exact) mass is 319 g/mol. The molecule has 0 spiro atoms. The van der Waals surface area contributed by atoms with E-state index in [1.165, 1.54) is 4.80 Å². The van der Waals surface area contributed by atoms with E-state index in [1.807, 2.05) is 0 Å². The van der Waals surface area contributed by atoms with Crippen molar-refractivity contribution in [1.29, 1.82) is 0 Å². The first-order chi connectivity index (χ1) is 11.1. The molecule has 2 aromatic rings. The van der Waals surface area contributed by atoms with Crippen LogP contribution in [0.2, 0.25) is 0 Å². The minimum Gasteiger partial charge on any atom is -0.487 e. The van der Waals surface area contributed by atoms with Crippen molar-refractivity contribution in [2.75, 3.05) is 0 Å². The summed E-state index contributed by atoms with van der Waals surface area (Å²) in [5.41, 5.74) is 1.03. The second-order valence-corrected chi connectivity index (χ2v) is 5.41. The fraction of sp³-hybridized carbons (Fsp3) is 0.400. The molecule has 1 aliphatic carbocycles. The van der Waals surface area contributed by atoms with Gasteiger partial charge in [-0.3, -0.25) is 0 Å². The molecule has 23 heavy (non-hydrogen) atoms. The average Bonchev–Trinajstić information content (AvgIpc) is 3.26. The lowest BCUT2D eigenvalue weighted by Crippen LogP contribution is -2.34. The molecule has 0 radical (unpaired) electrons. The molecule has 1 fully saturated rings. The molecule has 0 saturated heterocycles. The van der Waals surface area contributed by atoms with Crippen molar-refractivity contribution in [1.82, 2.24) is 25.6 Å². The molecule has 0 atom stereocenters. The van der Waals surface area contributed by atoms with Crippen molar-refractivity contribution >= 4 is 6.03 Å². The maximum Gasteiger partial charge on any atom is 0.315 e. The Balaban J connectivity index is 1.50. The minimum absolute atomic E-state index is 0.0833. The third-order valence-electron chi connectivity index (χ3n) is 3.38. The summed E-state index contributed by atoms with van der Waals surface area (Å²) in [6, 6.07) is 4.54. The second kappa shape index (κ2) is 6.64. The Morgan fingerprint density at radius 1 is 1.39 bits per heavy atom. The van der Waals surface area contributed by atoms with E-state index >= 15 is 0 Å². The Morgan fingerprint density at radius 3 is 2.87 bits per heavy atom. The molecule has 0 aliphatic heterocycles. The lowest BCUT2D eigenvalue weighted by Gasteiger charge is -2.11. The van der Waals surface area contributed by atoms with Crippen LogP contribution >= 0.6 is 0 Å². The molecule has 0 bridgehead atoms. The van der Waals surface area contributed by atoms with Crippen molar-refractivity contribution in [3.63, 3.8) is 0 Å². The van der Waals surface area contributed by atoms with Gasteiger partial charge in [0.15, 0.2) is 11.6 Å². The Hall–Kier alpha value is -2.64. The molecule has 1 saturated carbocycles. The van der Waals surface area contributed by atoms with E-state index in [1.54, 1.807) is 31.4 Å². The molecule has 2 amide bonds. The van der Waals surface area contributed by atoms with Crippen LogP contribution in [-0.2, 0) is 20.1 Å². The Labute approximate surface area is 132 Å². The van der Waals surface area contributed by atoms with Gasteiger partial charge in [-0.15, -0.1) is 0 Å². The number of carbonyl (C=O) groups excluding carboxylic acids is 1. The van der Waals surface area contributed by atoms with Gasteiger partial charge in [0.05, 0.1) is 18.8 Å². The fourth-order valence-corrected chi connectivity index (χ4v) is 2.03. The highest BCUT2D eigenvalue weighted by molar-refractivity contribution is 5.73. The highest BCUT2D eigenvalue weighted by Gasteiger charge is 2.25. The number of hydrogen-bond donors (Lipinski definition) is 2. The molecular formula is C15H18FN5O2. The predicted molar refractivity (Wildman–Crippen MR) is 80.1 cm³/mol. The SMILES string of the molecule is Cn1ncc(CNC(=O)NCc2cccc(OC3CC3)c2F)n1. The number of carbonyl (C=O) groups is 1. The van der Waals surface area contributed by atoms with Gasteiger partial charge >= 0.3 is 6.03 Å². The van der Waals surface area contributed by atoms with E-state index in [4.69, 9.17) is 4.74 Å². The quantitative estimate of drug-likeness (QED) is 0.845. The van der Waals surface area contributed by atoms with Gasteiger partial charge in [0.2, 0.25) is 0 Å². The lowest BCUT2D eigenvalue weighted by molar-refractivity contribution is 0.239. The summed E-state index contributed by atoms with van der Waals surface area (Å²) in [5.74, 6) is -0.180. The van der Waals surface area contributed by atoms with E-state index in [2.05, 4.69) is 20.8 Å². The smallest absolute Gasteiger partial charge is 0.315 e. The van der Waals surface area contributed by atoms with Crippen LogP contribution in [0.1, 0.15) is 24.1 Å². The number of hydrogen-bond acceptors (Lipinski definition) is 4. The van der Waals surface area contributed by atoms with Crippen molar-refractivity contribution < 1.29 is 13.9 Å². The second-order valence-electron chi connectivity index (χ2n) is 5.41. The average molecular weight is 319 g/mol. The zero-order valence-electron chi connectivity index (χ0n) is 12.8. The first-order valence-corrected chi connectivity index (χ1v) is 7.43. The minimum atomic E-state index is -0.423. The molecule has 8 heteroatoms. The summed E-state index contributed by atoms with van der Waals surface area (Å²) in [4.78, 5) is 13.2. The van der Waals surface area contributed by atoms with E-state index in [0.29, 0.717) is 11.3 Å². The number of benzene rings is 1. The Kier molecular flexibility index (Phi) is 4.40. The molecule has 1 aliphatic rings. The van der Waals surface area contributed by atoms with E-state index in [0.717, 1.165) is 12.8 Å². The summed E-state index contributed by atoms with van der Waals surface area (Å²) in [5, 5.41) is 13.2. The molecule has 3 rings (SSSR count). The number of rotatable bonds is 6.